The Bertz CT molecular complexity index is 508. The number of methoxy groups -OCH3 is 1. The molecule has 0 bridgehead atoms. The minimum absolute atomic E-state index is 0.792. The number of nitrogen functional groups attached to an aromatic ring is 1. The SMILES string of the molecule is COc1ccc(Sc2ccc(N)cc2)cc1C. The Morgan fingerprint density at radius 2 is 1.65 bits per heavy atom. The summed E-state index contributed by atoms with van der Waals surface area (Å²) in [7, 11) is 1.69. The van der Waals surface area contributed by atoms with E-state index in [1.807, 2.05) is 37.3 Å². The zero-order chi connectivity index (χ0) is 12.3. The van der Waals surface area contributed by atoms with E-state index in [0.717, 1.165) is 17.0 Å². The summed E-state index contributed by atoms with van der Waals surface area (Å²) in [5.74, 6) is 0.923. The Labute approximate surface area is 106 Å². The number of rotatable bonds is 3. The minimum Gasteiger partial charge on any atom is -0.496 e. The van der Waals surface area contributed by atoms with E-state index in [1.54, 1.807) is 18.9 Å². The highest BCUT2D eigenvalue weighted by Crippen LogP contribution is 2.31. The van der Waals surface area contributed by atoms with Crippen LogP contribution in [0.4, 0.5) is 5.69 Å². The fourth-order valence-electron chi connectivity index (χ4n) is 1.59. The average Bonchev–Trinajstić information content (AvgIpc) is 2.32. The molecule has 88 valence electrons. The van der Waals surface area contributed by atoms with Crippen LogP contribution in [0.5, 0.6) is 5.75 Å². The predicted molar refractivity (Wildman–Crippen MR) is 72.7 cm³/mol. The Morgan fingerprint density at radius 3 is 2.24 bits per heavy atom. The number of anilines is 1. The number of aryl methyl sites for hydroxylation is 1. The zero-order valence-corrected chi connectivity index (χ0v) is 10.8. The number of ether oxygens (including phenoxy) is 1. The molecule has 2 aromatic carbocycles. The van der Waals surface area contributed by atoms with Crippen LogP contribution in [-0.2, 0) is 0 Å². The molecule has 0 aromatic heterocycles. The molecule has 2 aromatic rings. The molecule has 17 heavy (non-hydrogen) atoms. The number of hydrogen-bond acceptors (Lipinski definition) is 3. The van der Waals surface area contributed by atoms with Gasteiger partial charge in [0.05, 0.1) is 7.11 Å². The smallest absolute Gasteiger partial charge is 0.121 e. The van der Waals surface area contributed by atoms with Gasteiger partial charge in [-0.2, -0.15) is 0 Å². The van der Waals surface area contributed by atoms with Gasteiger partial charge >= 0.3 is 0 Å². The summed E-state index contributed by atoms with van der Waals surface area (Å²) in [6, 6.07) is 14.1. The van der Waals surface area contributed by atoms with Gasteiger partial charge in [-0.3, -0.25) is 0 Å². The number of hydrogen-bond donors (Lipinski definition) is 1. The first-order chi connectivity index (χ1) is 8.19. The van der Waals surface area contributed by atoms with Crippen molar-refractivity contribution in [1.29, 1.82) is 0 Å². The van der Waals surface area contributed by atoms with Crippen molar-refractivity contribution in [2.75, 3.05) is 12.8 Å². The maximum atomic E-state index is 5.66. The summed E-state index contributed by atoms with van der Waals surface area (Å²) in [4.78, 5) is 2.39. The van der Waals surface area contributed by atoms with Gasteiger partial charge in [-0.25, -0.2) is 0 Å². The van der Waals surface area contributed by atoms with Crippen LogP contribution in [0.3, 0.4) is 0 Å². The van der Waals surface area contributed by atoms with Crippen LogP contribution in [0.15, 0.2) is 52.3 Å². The number of benzene rings is 2. The molecule has 0 saturated heterocycles. The first-order valence-corrected chi connectivity index (χ1v) is 6.19. The highest BCUT2D eigenvalue weighted by atomic mass is 32.2. The molecule has 0 aliphatic carbocycles. The van der Waals surface area contributed by atoms with Crippen LogP contribution in [-0.4, -0.2) is 7.11 Å². The molecule has 0 saturated carbocycles. The summed E-state index contributed by atoms with van der Waals surface area (Å²) in [5.41, 5.74) is 7.59. The first-order valence-electron chi connectivity index (χ1n) is 5.37. The lowest BCUT2D eigenvalue weighted by Crippen LogP contribution is -1.87. The molecule has 0 amide bonds. The molecule has 3 heteroatoms. The van der Waals surface area contributed by atoms with Gasteiger partial charge in [0.1, 0.15) is 5.75 Å². The highest BCUT2D eigenvalue weighted by Gasteiger charge is 2.01. The lowest BCUT2D eigenvalue weighted by molar-refractivity contribution is 0.411. The summed E-state index contributed by atoms with van der Waals surface area (Å²) >= 11 is 1.72. The lowest BCUT2D eigenvalue weighted by atomic mass is 10.2. The minimum atomic E-state index is 0.792. The molecule has 2 nitrogen and oxygen atoms in total. The van der Waals surface area contributed by atoms with Crippen molar-refractivity contribution in [3.63, 3.8) is 0 Å². The van der Waals surface area contributed by atoms with Gasteiger partial charge in [-0.15, -0.1) is 0 Å². The monoisotopic (exact) mass is 245 g/mol. The van der Waals surface area contributed by atoms with Crippen molar-refractivity contribution in [3.8, 4) is 5.75 Å². The molecule has 0 radical (unpaired) electrons. The van der Waals surface area contributed by atoms with Gasteiger partial charge in [0.2, 0.25) is 0 Å². The van der Waals surface area contributed by atoms with Crippen LogP contribution in [0, 0.1) is 6.92 Å². The summed E-state index contributed by atoms with van der Waals surface area (Å²) < 4.78 is 5.24. The van der Waals surface area contributed by atoms with Crippen LogP contribution in [0.2, 0.25) is 0 Å². The molecule has 0 fully saturated rings. The molecular formula is C14H15NOS. The molecule has 2 rings (SSSR count). The van der Waals surface area contributed by atoms with E-state index in [-0.39, 0.29) is 0 Å². The fourth-order valence-corrected chi connectivity index (χ4v) is 2.50. The third kappa shape index (κ3) is 2.94. The zero-order valence-electron chi connectivity index (χ0n) is 9.94. The van der Waals surface area contributed by atoms with Gasteiger partial charge in [0, 0.05) is 15.5 Å². The van der Waals surface area contributed by atoms with E-state index in [4.69, 9.17) is 10.5 Å². The second-order valence-corrected chi connectivity index (χ2v) is 4.95. The summed E-state index contributed by atoms with van der Waals surface area (Å²) in [5, 5.41) is 0. The summed E-state index contributed by atoms with van der Waals surface area (Å²) in [6.45, 7) is 2.05. The molecule has 0 aliphatic rings. The van der Waals surface area contributed by atoms with Crippen molar-refractivity contribution >= 4 is 17.4 Å². The van der Waals surface area contributed by atoms with Crippen LogP contribution in [0.25, 0.3) is 0 Å². The molecule has 0 atom stereocenters. The largest absolute Gasteiger partial charge is 0.496 e. The lowest BCUT2D eigenvalue weighted by Gasteiger charge is -2.07. The second kappa shape index (κ2) is 5.15. The topological polar surface area (TPSA) is 35.2 Å². The van der Waals surface area contributed by atoms with E-state index in [2.05, 4.69) is 12.1 Å². The van der Waals surface area contributed by atoms with Crippen LogP contribution >= 0.6 is 11.8 Å². The molecule has 0 unspecified atom stereocenters. The van der Waals surface area contributed by atoms with E-state index < -0.39 is 0 Å². The molecule has 2 N–H and O–H groups in total. The number of nitrogens with two attached hydrogens (primary N) is 1. The average molecular weight is 245 g/mol. The maximum Gasteiger partial charge on any atom is 0.121 e. The van der Waals surface area contributed by atoms with Crippen molar-refractivity contribution in [3.05, 3.63) is 48.0 Å². The second-order valence-electron chi connectivity index (χ2n) is 3.80. The third-order valence-electron chi connectivity index (χ3n) is 2.48. The van der Waals surface area contributed by atoms with Gasteiger partial charge < -0.3 is 10.5 Å². The fraction of sp³-hybridized carbons (Fsp3) is 0.143. The van der Waals surface area contributed by atoms with E-state index in [9.17, 15) is 0 Å². The van der Waals surface area contributed by atoms with Crippen molar-refractivity contribution in [2.24, 2.45) is 0 Å². The Kier molecular flexibility index (Phi) is 3.59. The Morgan fingerprint density at radius 1 is 1.00 bits per heavy atom. The van der Waals surface area contributed by atoms with Gasteiger partial charge in [0.25, 0.3) is 0 Å². The highest BCUT2D eigenvalue weighted by molar-refractivity contribution is 7.99. The first kappa shape index (κ1) is 11.9. The van der Waals surface area contributed by atoms with Gasteiger partial charge in [0.15, 0.2) is 0 Å². The molecule has 0 heterocycles. The van der Waals surface area contributed by atoms with E-state index in [0.29, 0.717) is 0 Å². The van der Waals surface area contributed by atoms with Crippen molar-refractivity contribution < 1.29 is 4.74 Å². The normalized spacial score (nSPS) is 10.2. The maximum absolute atomic E-state index is 5.66. The molecule has 0 spiro atoms. The van der Waals surface area contributed by atoms with Crippen LogP contribution < -0.4 is 10.5 Å². The Balaban J connectivity index is 2.19. The van der Waals surface area contributed by atoms with Gasteiger partial charge in [-0.1, -0.05) is 11.8 Å². The van der Waals surface area contributed by atoms with Gasteiger partial charge in [-0.05, 0) is 55.0 Å². The molecular weight excluding hydrogens is 230 g/mol. The molecule has 0 aliphatic heterocycles. The summed E-state index contributed by atoms with van der Waals surface area (Å²) in [6.07, 6.45) is 0. The van der Waals surface area contributed by atoms with Crippen molar-refractivity contribution in [1.82, 2.24) is 0 Å². The van der Waals surface area contributed by atoms with Crippen molar-refractivity contribution in [2.45, 2.75) is 16.7 Å². The quantitative estimate of drug-likeness (QED) is 0.837. The Hall–Kier alpha value is -1.61. The standard InChI is InChI=1S/C14H15NOS/c1-10-9-13(7-8-14(10)16-2)17-12-5-3-11(15)4-6-12/h3-9H,15H2,1-2H3. The third-order valence-corrected chi connectivity index (χ3v) is 3.48. The van der Waals surface area contributed by atoms with E-state index >= 15 is 0 Å². The van der Waals surface area contributed by atoms with E-state index in [1.165, 1.54) is 9.79 Å². The predicted octanol–water partition coefficient (Wildman–Crippen LogP) is 3.74. The van der Waals surface area contributed by atoms with Crippen LogP contribution in [0.1, 0.15) is 5.56 Å².